The molecule has 6 rings (SSSR count). The molecule has 6 aromatic rings. The van der Waals surface area contributed by atoms with Crippen LogP contribution in [0.2, 0.25) is 0 Å². The van der Waals surface area contributed by atoms with Crippen molar-refractivity contribution in [2.45, 2.75) is 38.9 Å². The second-order valence-electron chi connectivity index (χ2n) is 10.6. The highest BCUT2D eigenvalue weighted by Crippen LogP contribution is 2.44. The number of hydrogen-bond donors (Lipinski definition) is 1. The minimum absolute atomic E-state index is 0.446. The lowest BCUT2D eigenvalue weighted by atomic mass is 9.80. The Morgan fingerprint density at radius 2 is 1.33 bits per heavy atom. The van der Waals surface area contributed by atoms with Gasteiger partial charge in [-0.3, -0.25) is 0 Å². The van der Waals surface area contributed by atoms with E-state index in [0.717, 1.165) is 5.46 Å². The predicted molar refractivity (Wildman–Crippen MR) is 158 cm³/mol. The molecule has 0 amide bonds. The molecule has 0 radical (unpaired) electrons. The average molecular weight is 488 g/mol. The summed E-state index contributed by atoms with van der Waals surface area (Å²) in [6.45, 7) is 7.49. The third-order valence-corrected chi connectivity index (χ3v) is 8.92. The van der Waals surface area contributed by atoms with Gasteiger partial charge in [0.1, 0.15) is 0 Å². The van der Waals surface area contributed by atoms with Crippen LogP contribution in [0, 0.1) is 0 Å². The summed E-state index contributed by atoms with van der Waals surface area (Å²) in [6.07, 6.45) is 0. The summed E-state index contributed by atoms with van der Waals surface area (Å²) in [5.74, 6) is 0. The normalized spacial score (nSPS) is 12.7. The van der Waals surface area contributed by atoms with Gasteiger partial charge in [-0.15, -0.1) is 11.3 Å². The van der Waals surface area contributed by atoms with Gasteiger partial charge in [0.25, 0.3) is 0 Å². The van der Waals surface area contributed by atoms with Crippen molar-refractivity contribution in [2.24, 2.45) is 0 Å². The zero-order valence-corrected chi connectivity index (χ0v) is 21.9. The standard InChI is InChI=1S/C32H29BO2S/c1-31(2,34)32(3,4)35-33-26-17-10-18-27-29(26)25-16-9-15-24(30(25)36-27)28-22-13-7-5-11-20(22)19-21-12-6-8-14-23(21)28/h5-19,33-34H,1-4H3. The molecule has 178 valence electrons. The van der Waals surface area contributed by atoms with Crippen molar-refractivity contribution in [2.75, 3.05) is 0 Å². The first-order valence-corrected chi connectivity index (χ1v) is 13.3. The Morgan fingerprint density at radius 3 is 2.00 bits per heavy atom. The molecule has 4 heteroatoms. The third-order valence-electron chi connectivity index (χ3n) is 7.71. The summed E-state index contributed by atoms with van der Waals surface area (Å²) in [7, 11) is 0.446. The Balaban J connectivity index is 1.59. The van der Waals surface area contributed by atoms with Crippen molar-refractivity contribution in [3.8, 4) is 11.1 Å². The fraction of sp³-hybridized carbons (Fsp3) is 0.188. The summed E-state index contributed by atoms with van der Waals surface area (Å²) in [6, 6.07) is 32.8. The van der Waals surface area contributed by atoms with E-state index >= 15 is 0 Å². The maximum atomic E-state index is 10.6. The summed E-state index contributed by atoms with van der Waals surface area (Å²) in [4.78, 5) is 0. The maximum Gasteiger partial charge on any atom is 0.310 e. The largest absolute Gasteiger partial charge is 0.427 e. The monoisotopic (exact) mass is 488 g/mol. The van der Waals surface area contributed by atoms with Gasteiger partial charge in [-0.2, -0.15) is 0 Å². The number of rotatable bonds is 5. The quantitative estimate of drug-likeness (QED) is 0.200. The van der Waals surface area contributed by atoms with Gasteiger partial charge in [0, 0.05) is 20.3 Å². The fourth-order valence-corrected chi connectivity index (χ4v) is 6.25. The van der Waals surface area contributed by atoms with E-state index < -0.39 is 11.2 Å². The van der Waals surface area contributed by atoms with Crippen molar-refractivity contribution < 1.29 is 9.76 Å². The number of aliphatic hydroxyl groups is 1. The first-order valence-electron chi connectivity index (χ1n) is 12.4. The van der Waals surface area contributed by atoms with E-state index in [-0.39, 0.29) is 0 Å². The van der Waals surface area contributed by atoms with Crippen LogP contribution >= 0.6 is 11.3 Å². The Kier molecular flexibility index (Phi) is 5.45. The van der Waals surface area contributed by atoms with E-state index in [0.29, 0.717) is 7.48 Å². The van der Waals surface area contributed by atoms with Crippen LogP contribution in [0.3, 0.4) is 0 Å². The van der Waals surface area contributed by atoms with Crippen LogP contribution in [-0.2, 0) is 4.65 Å². The molecule has 0 unspecified atom stereocenters. The lowest BCUT2D eigenvalue weighted by Crippen LogP contribution is -2.49. The lowest BCUT2D eigenvalue weighted by Gasteiger charge is -2.37. The Bertz CT molecular complexity index is 1700. The molecule has 1 N–H and O–H groups in total. The highest BCUT2D eigenvalue weighted by atomic mass is 32.1. The van der Waals surface area contributed by atoms with E-state index in [2.05, 4.69) is 91.0 Å². The van der Waals surface area contributed by atoms with Crippen molar-refractivity contribution in [3.63, 3.8) is 0 Å². The molecule has 1 aromatic heterocycles. The zero-order valence-electron chi connectivity index (χ0n) is 21.1. The smallest absolute Gasteiger partial charge is 0.310 e. The summed E-state index contributed by atoms with van der Waals surface area (Å²) in [5.41, 5.74) is 2.09. The van der Waals surface area contributed by atoms with Gasteiger partial charge in [-0.25, -0.2) is 0 Å². The van der Waals surface area contributed by atoms with Gasteiger partial charge in [-0.05, 0) is 77.8 Å². The molecule has 0 aliphatic carbocycles. The number of hydrogen-bond acceptors (Lipinski definition) is 3. The zero-order chi connectivity index (χ0) is 25.1. The SMILES string of the molecule is CC(C)(O)C(C)(C)OBc1cccc2sc3c(-c4c5ccccc5cc5ccccc45)cccc3c12. The molecule has 0 atom stereocenters. The molecule has 0 fully saturated rings. The predicted octanol–water partition coefficient (Wildman–Crippen LogP) is 7.57. The topological polar surface area (TPSA) is 29.5 Å². The number of benzene rings is 5. The highest BCUT2D eigenvalue weighted by Gasteiger charge is 2.35. The number of thiophene rings is 1. The van der Waals surface area contributed by atoms with Crippen LogP contribution in [0.4, 0.5) is 0 Å². The molecule has 0 spiro atoms. The number of fused-ring (bicyclic) bond motifs is 5. The van der Waals surface area contributed by atoms with E-state index in [1.807, 2.05) is 25.2 Å². The Morgan fingerprint density at radius 1 is 0.722 bits per heavy atom. The second kappa shape index (κ2) is 8.45. The Hall–Kier alpha value is -3.18. The summed E-state index contributed by atoms with van der Waals surface area (Å²) >= 11 is 1.85. The van der Waals surface area contributed by atoms with Crippen LogP contribution in [0.5, 0.6) is 0 Å². The molecule has 2 nitrogen and oxygen atoms in total. The molecule has 0 aliphatic heterocycles. The molecule has 5 aromatic carbocycles. The Labute approximate surface area is 216 Å². The van der Waals surface area contributed by atoms with Crippen molar-refractivity contribution in [1.29, 1.82) is 0 Å². The van der Waals surface area contributed by atoms with Gasteiger partial charge in [0.15, 0.2) is 0 Å². The highest BCUT2D eigenvalue weighted by molar-refractivity contribution is 7.26. The minimum atomic E-state index is -0.944. The first kappa shape index (κ1) is 23.2. The van der Waals surface area contributed by atoms with Crippen LogP contribution < -0.4 is 5.46 Å². The molecule has 0 bridgehead atoms. The summed E-state index contributed by atoms with van der Waals surface area (Å²) < 4.78 is 8.84. The summed E-state index contributed by atoms with van der Waals surface area (Å²) in [5, 5.41) is 18.1. The van der Waals surface area contributed by atoms with E-state index in [4.69, 9.17) is 4.65 Å². The van der Waals surface area contributed by atoms with E-state index in [1.165, 1.54) is 52.8 Å². The van der Waals surface area contributed by atoms with Crippen LogP contribution in [0.25, 0.3) is 52.8 Å². The minimum Gasteiger partial charge on any atom is -0.427 e. The lowest BCUT2D eigenvalue weighted by molar-refractivity contribution is -0.0893. The van der Waals surface area contributed by atoms with Crippen LogP contribution in [0.15, 0.2) is 91.0 Å². The molecule has 1 heterocycles. The first-order chi connectivity index (χ1) is 17.2. The van der Waals surface area contributed by atoms with Crippen LogP contribution in [-0.4, -0.2) is 23.8 Å². The van der Waals surface area contributed by atoms with Gasteiger partial charge in [-0.1, -0.05) is 78.9 Å². The molecule has 36 heavy (non-hydrogen) atoms. The van der Waals surface area contributed by atoms with Gasteiger partial charge < -0.3 is 9.76 Å². The third kappa shape index (κ3) is 3.72. The van der Waals surface area contributed by atoms with Crippen molar-refractivity contribution in [1.82, 2.24) is 0 Å². The molecular formula is C32H29BO2S. The van der Waals surface area contributed by atoms with Gasteiger partial charge in [0.05, 0.1) is 11.2 Å². The maximum absolute atomic E-state index is 10.6. The average Bonchev–Trinajstić information content (AvgIpc) is 3.25. The van der Waals surface area contributed by atoms with Crippen LogP contribution in [0.1, 0.15) is 27.7 Å². The van der Waals surface area contributed by atoms with Gasteiger partial charge in [0.2, 0.25) is 0 Å². The fourth-order valence-electron chi connectivity index (χ4n) is 4.98. The second-order valence-corrected chi connectivity index (χ2v) is 11.7. The van der Waals surface area contributed by atoms with Crippen molar-refractivity contribution >= 4 is 66.0 Å². The van der Waals surface area contributed by atoms with E-state index in [1.54, 1.807) is 13.8 Å². The molecule has 0 saturated heterocycles. The molecule has 0 aliphatic rings. The van der Waals surface area contributed by atoms with E-state index in [9.17, 15) is 5.11 Å². The van der Waals surface area contributed by atoms with Crippen molar-refractivity contribution in [3.05, 3.63) is 91.0 Å². The molecular weight excluding hydrogens is 459 g/mol. The van der Waals surface area contributed by atoms with Gasteiger partial charge >= 0.3 is 7.48 Å². The molecule has 0 saturated carbocycles.